The van der Waals surface area contributed by atoms with Crippen LogP contribution in [0, 0.1) is 5.82 Å². The molecule has 6 heteroatoms. The lowest BCUT2D eigenvalue weighted by Crippen LogP contribution is -2.49. The number of likely N-dealkylation sites (N-methyl/N-ethyl adjacent to an activating group) is 1. The zero-order chi connectivity index (χ0) is 19.4. The molecule has 27 heavy (non-hydrogen) atoms. The molecule has 0 bridgehead atoms. The molecule has 1 saturated heterocycles. The largest absolute Gasteiger partial charge is 0.508 e. The van der Waals surface area contributed by atoms with Crippen LogP contribution in [0.4, 0.5) is 4.39 Å². The van der Waals surface area contributed by atoms with E-state index in [0.29, 0.717) is 44.7 Å². The Labute approximate surface area is 167 Å². The Balaban J connectivity index is 1.94. The van der Waals surface area contributed by atoms with Gasteiger partial charge in [-0.25, -0.2) is 4.39 Å². The molecule has 1 amide bonds. The zero-order valence-corrected chi connectivity index (χ0v) is 16.8. The summed E-state index contributed by atoms with van der Waals surface area (Å²) >= 11 is 3.41. The van der Waals surface area contributed by atoms with Crippen LogP contribution in [0.15, 0.2) is 46.9 Å². The highest BCUT2D eigenvalue weighted by Gasteiger charge is 2.43. The molecule has 2 aromatic rings. The Kier molecular flexibility index (Phi) is 6.17. The monoisotopic (exact) mass is 435 g/mol. The summed E-state index contributed by atoms with van der Waals surface area (Å²) in [6.07, 6.45) is 1.11. The summed E-state index contributed by atoms with van der Waals surface area (Å²) in [5.74, 6) is -0.175. The van der Waals surface area contributed by atoms with Crippen molar-refractivity contribution in [1.82, 2.24) is 4.90 Å². The minimum Gasteiger partial charge on any atom is -0.508 e. The molecule has 0 saturated carbocycles. The molecule has 1 heterocycles. The molecule has 1 aliphatic heterocycles. The molecule has 1 N–H and O–H groups in total. The minimum atomic E-state index is -0.733. The van der Waals surface area contributed by atoms with Crippen LogP contribution >= 0.6 is 15.9 Å². The number of halogens is 2. The molecule has 4 nitrogen and oxygen atoms in total. The maximum atomic E-state index is 13.6. The number of phenolic OH excluding ortho intramolecular Hbond substituents is 1. The first-order valence-corrected chi connectivity index (χ1v) is 9.86. The molecular formula is C21H23BrFNO3. The van der Waals surface area contributed by atoms with Crippen molar-refractivity contribution in [2.75, 3.05) is 19.8 Å². The highest BCUT2D eigenvalue weighted by atomic mass is 79.9. The van der Waals surface area contributed by atoms with Crippen molar-refractivity contribution in [2.24, 2.45) is 0 Å². The van der Waals surface area contributed by atoms with Crippen molar-refractivity contribution < 1.29 is 19.0 Å². The van der Waals surface area contributed by atoms with E-state index in [-0.39, 0.29) is 17.5 Å². The summed E-state index contributed by atoms with van der Waals surface area (Å²) in [6.45, 7) is 3.72. The van der Waals surface area contributed by atoms with Crippen LogP contribution in [-0.4, -0.2) is 35.7 Å². The van der Waals surface area contributed by atoms with Crippen molar-refractivity contribution >= 4 is 21.8 Å². The van der Waals surface area contributed by atoms with Crippen LogP contribution in [-0.2, 0) is 21.5 Å². The molecule has 0 spiro atoms. The van der Waals surface area contributed by atoms with Crippen molar-refractivity contribution in [3.63, 3.8) is 0 Å². The second-order valence-corrected chi connectivity index (χ2v) is 7.71. The number of benzene rings is 2. The molecule has 0 aliphatic carbocycles. The Bertz CT molecular complexity index is 804. The van der Waals surface area contributed by atoms with Crippen LogP contribution in [0.3, 0.4) is 0 Å². The molecule has 1 fully saturated rings. The van der Waals surface area contributed by atoms with Crippen LogP contribution in [0.25, 0.3) is 0 Å². The van der Waals surface area contributed by atoms with Gasteiger partial charge in [-0.1, -0.05) is 28.1 Å². The Morgan fingerprint density at radius 1 is 1.22 bits per heavy atom. The van der Waals surface area contributed by atoms with Crippen molar-refractivity contribution in [2.45, 2.75) is 31.7 Å². The number of hydrogen-bond acceptors (Lipinski definition) is 3. The van der Waals surface area contributed by atoms with Crippen LogP contribution in [0.1, 0.15) is 30.9 Å². The first-order valence-electron chi connectivity index (χ1n) is 9.07. The van der Waals surface area contributed by atoms with Crippen molar-refractivity contribution in [1.29, 1.82) is 0 Å². The van der Waals surface area contributed by atoms with Gasteiger partial charge in [-0.05, 0) is 55.7 Å². The van der Waals surface area contributed by atoms with E-state index in [0.717, 1.165) is 10.0 Å². The second-order valence-electron chi connectivity index (χ2n) is 6.79. The van der Waals surface area contributed by atoms with E-state index < -0.39 is 5.41 Å². The average molecular weight is 436 g/mol. The number of rotatable bonds is 5. The fraction of sp³-hybridized carbons (Fsp3) is 0.381. The van der Waals surface area contributed by atoms with Gasteiger partial charge in [-0.3, -0.25) is 4.79 Å². The van der Waals surface area contributed by atoms with Gasteiger partial charge in [0.15, 0.2) is 0 Å². The van der Waals surface area contributed by atoms with Crippen LogP contribution in [0.2, 0.25) is 0 Å². The molecule has 3 rings (SSSR count). The quantitative estimate of drug-likeness (QED) is 0.757. The van der Waals surface area contributed by atoms with Gasteiger partial charge in [0.05, 0.1) is 5.41 Å². The first-order chi connectivity index (χ1) is 13.0. The smallest absolute Gasteiger partial charge is 0.233 e. The SMILES string of the molecule is CCN(Cc1cc(Br)ccc1O)C(=O)C1(c2ccc(F)cc2)CCOCC1. The summed E-state index contributed by atoms with van der Waals surface area (Å²) < 4.78 is 19.8. The Morgan fingerprint density at radius 2 is 1.89 bits per heavy atom. The van der Waals surface area contributed by atoms with Gasteiger partial charge in [-0.15, -0.1) is 0 Å². The van der Waals surface area contributed by atoms with Crippen LogP contribution < -0.4 is 0 Å². The van der Waals surface area contributed by atoms with Gasteiger partial charge in [-0.2, -0.15) is 0 Å². The number of phenols is 1. The zero-order valence-electron chi connectivity index (χ0n) is 15.3. The minimum absolute atomic E-state index is 0.0146. The number of carbonyl (C=O) groups excluding carboxylic acids is 1. The van der Waals surface area contributed by atoms with E-state index in [1.807, 2.05) is 13.0 Å². The first kappa shape index (κ1) is 19.8. The van der Waals surface area contributed by atoms with Gasteiger partial charge in [0.1, 0.15) is 11.6 Å². The fourth-order valence-electron chi connectivity index (χ4n) is 3.63. The maximum absolute atomic E-state index is 13.6. The van der Waals surface area contributed by atoms with E-state index in [1.165, 1.54) is 12.1 Å². The van der Waals surface area contributed by atoms with E-state index in [9.17, 15) is 14.3 Å². The van der Waals surface area contributed by atoms with Gasteiger partial charge >= 0.3 is 0 Å². The molecule has 1 aliphatic rings. The lowest BCUT2D eigenvalue weighted by Gasteiger charge is -2.40. The van der Waals surface area contributed by atoms with E-state index in [2.05, 4.69) is 15.9 Å². The number of hydrogen-bond donors (Lipinski definition) is 1. The lowest BCUT2D eigenvalue weighted by molar-refractivity contribution is -0.141. The fourth-order valence-corrected chi connectivity index (χ4v) is 4.04. The summed E-state index contributed by atoms with van der Waals surface area (Å²) in [5.41, 5.74) is 0.763. The Hall–Kier alpha value is -1.92. The number of nitrogens with zero attached hydrogens (tertiary/aromatic N) is 1. The highest BCUT2D eigenvalue weighted by Crippen LogP contribution is 2.37. The van der Waals surface area contributed by atoms with Gasteiger partial charge in [0.25, 0.3) is 0 Å². The molecule has 0 aromatic heterocycles. The summed E-state index contributed by atoms with van der Waals surface area (Å²) in [7, 11) is 0. The second kappa shape index (κ2) is 8.40. The van der Waals surface area contributed by atoms with Crippen molar-refractivity contribution in [3.05, 3.63) is 63.9 Å². The number of ether oxygens (including phenoxy) is 1. The predicted molar refractivity (Wildman–Crippen MR) is 105 cm³/mol. The normalized spacial score (nSPS) is 16.1. The predicted octanol–water partition coefficient (Wildman–Crippen LogP) is 4.39. The molecular weight excluding hydrogens is 413 g/mol. The van der Waals surface area contributed by atoms with Crippen LogP contribution in [0.5, 0.6) is 5.75 Å². The number of amides is 1. The molecule has 0 atom stereocenters. The topological polar surface area (TPSA) is 49.8 Å². The number of carbonyl (C=O) groups is 1. The van der Waals surface area contributed by atoms with E-state index >= 15 is 0 Å². The molecule has 144 valence electrons. The van der Waals surface area contributed by atoms with Gasteiger partial charge in [0, 0.05) is 36.3 Å². The van der Waals surface area contributed by atoms with Crippen molar-refractivity contribution in [3.8, 4) is 5.75 Å². The number of aromatic hydroxyl groups is 1. The lowest BCUT2D eigenvalue weighted by atomic mass is 9.73. The van der Waals surface area contributed by atoms with Gasteiger partial charge in [0.2, 0.25) is 5.91 Å². The molecule has 0 radical (unpaired) electrons. The maximum Gasteiger partial charge on any atom is 0.233 e. The highest BCUT2D eigenvalue weighted by molar-refractivity contribution is 9.10. The van der Waals surface area contributed by atoms with E-state index in [4.69, 9.17) is 4.74 Å². The average Bonchev–Trinajstić information content (AvgIpc) is 2.69. The standard InChI is InChI=1S/C21H23BrFNO3/c1-2-24(14-15-13-17(22)5-8-19(15)25)20(26)21(9-11-27-12-10-21)16-3-6-18(23)7-4-16/h3-8,13,25H,2,9-12,14H2,1H3. The summed E-state index contributed by atoms with van der Waals surface area (Å²) in [6, 6.07) is 11.4. The molecule has 2 aromatic carbocycles. The summed E-state index contributed by atoms with van der Waals surface area (Å²) in [4.78, 5) is 15.4. The molecule has 0 unspecified atom stereocenters. The van der Waals surface area contributed by atoms with E-state index in [1.54, 1.807) is 29.2 Å². The third-order valence-electron chi connectivity index (χ3n) is 5.22. The summed E-state index contributed by atoms with van der Waals surface area (Å²) in [5, 5.41) is 10.2. The third kappa shape index (κ3) is 4.17. The third-order valence-corrected chi connectivity index (χ3v) is 5.72. The van der Waals surface area contributed by atoms with Gasteiger partial charge < -0.3 is 14.7 Å². The Morgan fingerprint density at radius 3 is 2.52 bits per heavy atom.